The van der Waals surface area contributed by atoms with Crippen LogP contribution in [0, 0.1) is 5.92 Å². The summed E-state index contributed by atoms with van der Waals surface area (Å²) in [7, 11) is -3.70. The van der Waals surface area contributed by atoms with Crippen molar-refractivity contribution in [1.29, 1.82) is 0 Å². The first-order valence-electron chi connectivity index (χ1n) is 8.66. The first kappa shape index (κ1) is 20.2. The highest BCUT2D eigenvalue weighted by atomic mass is 31.2. The molecule has 0 spiro atoms. The first-order valence-corrected chi connectivity index (χ1v) is 10.6. The predicted molar refractivity (Wildman–Crippen MR) is 105 cm³/mol. The first-order chi connectivity index (χ1) is 12.3. The smallest absolute Gasteiger partial charge is 0.307 e. The summed E-state index contributed by atoms with van der Waals surface area (Å²) in [6.07, 6.45) is 0.449. The molecule has 0 aromatic heterocycles. The third-order valence-electron chi connectivity index (χ3n) is 4.62. The number of benzene rings is 2. The number of aliphatic carboxylic acids is 1. The number of carboxylic acid groups (broad SMARTS) is 1. The Bertz CT molecular complexity index is 786. The molecule has 0 saturated carbocycles. The van der Waals surface area contributed by atoms with E-state index in [1.165, 1.54) is 0 Å². The Balaban J connectivity index is 2.23. The second-order valence-corrected chi connectivity index (χ2v) is 8.98. The van der Waals surface area contributed by atoms with Gasteiger partial charge in [0.05, 0.1) is 5.92 Å². The van der Waals surface area contributed by atoms with E-state index in [-0.39, 0.29) is 12.6 Å². The number of hydrogen-bond acceptors (Lipinski definition) is 2. The molecule has 3 unspecified atom stereocenters. The van der Waals surface area contributed by atoms with Crippen molar-refractivity contribution in [3.8, 4) is 0 Å². The van der Waals surface area contributed by atoms with E-state index < -0.39 is 24.9 Å². The fourth-order valence-corrected chi connectivity index (χ4v) is 5.59. The Hall–Kier alpha value is -2.16. The van der Waals surface area contributed by atoms with Crippen LogP contribution < -0.4 is 0 Å². The Kier molecular flexibility index (Phi) is 6.96. The highest BCUT2D eigenvalue weighted by Gasteiger charge is 2.40. The zero-order valence-electron chi connectivity index (χ0n) is 14.9. The van der Waals surface area contributed by atoms with Crippen LogP contribution in [0.1, 0.15) is 30.9 Å². The lowest BCUT2D eigenvalue weighted by Gasteiger charge is -2.28. The van der Waals surface area contributed by atoms with Crippen LogP contribution in [0.25, 0.3) is 5.57 Å². The van der Waals surface area contributed by atoms with Crippen LogP contribution in [0.4, 0.5) is 0 Å². The van der Waals surface area contributed by atoms with Crippen molar-refractivity contribution in [3.05, 3.63) is 78.4 Å². The van der Waals surface area contributed by atoms with Gasteiger partial charge in [0.1, 0.15) is 0 Å². The normalized spacial score (nSPS) is 15.6. The van der Waals surface area contributed by atoms with Crippen LogP contribution in [0.3, 0.4) is 0 Å². The fraction of sp³-hybridized carbons (Fsp3) is 0.286. The molecule has 2 aromatic rings. The molecule has 2 rings (SSSR count). The van der Waals surface area contributed by atoms with Crippen molar-refractivity contribution in [2.45, 2.75) is 31.6 Å². The van der Waals surface area contributed by atoms with E-state index in [2.05, 4.69) is 6.58 Å². The molecule has 138 valence electrons. The van der Waals surface area contributed by atoms with Gasteiger partial charge in [0.15, 0.2) is 0 Å². The highest BCUT2D eigenvalue weighted by molar-refractivity contribution is 7.58. The van der Waals surface area contributed by atoms with E-state index in [0.717, 1.165) is 11.1 Å². The van der Waals surface area contributed by atoms with Crippen LogP contribution in [0.5, 0.6) is 0 Å². The molecule has 0 radical (unpaired) electrons. The van der Waals surface area contributed by atoms with E-state index in [1.807, 2.05) is 48.5 Å². The maximum atomic E-state index is 13.0. The van der Waals surface area contributed by atoms with E-state index in [9.17, 15) is 19.4 Å². The van der Waals surface area contributed by atoms with Crippen LogP contribution in [-0.2, 0) is 15.5 Å². The van der Waals surface area contributed by atoms with Crippen molar-refractivity contribution in [2.75, 3.05) is 0 Å². The maximum Gasteiger partial charge on any atom is 0.307 e. The van der Waals surface area contributed by atoms with Crippen molar-refractivity contribution >= 4 is 18.9 Å². The molecule has 0 amide bonds. The predicted octanol–water partition coefficient (Wildman–Crippen LogP) is 5.04. The number of rotatable bonds is 9. The molecule has 0 aliphatic carbocycles. The molecule has 0 heterocycles. The highest BCUT2D eigenvalue weighted by Crippen LogP contribution is 2.54. The monoisotopic (exact) mass is 372 g/mol. The Labute approximate surface area is 154 Å². The lowest BCUT2D eigenvalue weighted by atomic mass is 9.92. The van der Waals surface area contributed by atoms with E-state index in [4.69, 9.17) is 0 Å². The van der Waals surface area contributed by atoms with Crippen molar-refractivity contribution < 1.29 is 19.4 Å². The van der Waals surface area contributed by atoms with Gasteiger partial charge in [-0.3, -0.25) is 9.36 Å². The SMILES string of the molecule is C=C(CC(C(=O)O)C(CC)P(=O)(O)Cc1ccccc1)c1ccccc1. The van der Waals surface area contributed by atoms with Crippen molar-refractivity contribution in [3.63, 3.8) is 0 Å². The summed E-state index contributed by atoms with van der Waals surface area (Å²) in [4.78, 5) is 22.6. The number of hydrogen-bond donors (Lipinski definition) is 2. The molecule has 26 heavy (non-hydrogen) atoms. The van der Waals surface area contributed by atoms with E-state index >= 15 is 0 Å². The summed E-state index contributed by atoms with van der Waals surface area (Å²) in [5.74, 6) is -2.01. The van der Waals surface area contributed by atoms with Gasteiger partial charge in [-0.25, -0.2) is 0 Å². The zero-order valence-corrected chi connectivity index (χ0v) is 15.8. The maximum absolute atomic E-state index is 13.0. The van der Waals surface area contributed by atoms with Gasteiger partial charge in [0.2, 0.25) is 7.37 Å². The van der Waals surface area contributed by atoms with E-state index in [0.29, 0.717) is 12.0 Å². The van der Waals surface area contributed by atoms with Crippen molar-refractivity contribution in [1.82, 2.24) is 0 Å². The number of allylic oxidation sites excluding steroid dienone is 1. The quantitative estimate of drug-likeness (QED) is 0.605. The molecule has 2 aromatic carbocycles. The van der Waals surface area contributed by atoms with Crippen LogP contribution in [0.15, 0.2) is 67.2 Å². The average Bonchev–Trinajstić information content (AvgIpc) is 2.62. The van der Waals surface area contributed by atoms with Crippen molar-refractivity contribution in [2.24, 2.45) is 5.92 Å². The van der Waals surface area contributed by atoms with Gasteiger partial charge < -0.3 is 10.00 Å². The van der Waals surface area contributed by atoms with Gasteiger partial charge in [0.25, 0.3) is 0 Å². The number of carbonyl (C=O) groups is 1. The summed E-state index contributed by atoms with van der Waals surface area (Å²) in [5, 5.41) is 9.73. The summed E-state index contributed by atoms with van der Waals surface area (Å²) in [6, 6.07) is 18.4. The molecule has 0 aliphatic heterocycles. The Morgan fingerprint density at radius 1 is 1.08 bits per heavy atom. The average molecular weight is 372 g/mol. The van der Waals surface area contributed by atoms with Gasteiger partial charge in [-0.15, -0.1) is 0 Å². The van der Waals surface area contributed by atoms with Crippen LogP contribution >= 0.6 is 7.37 Å². The van der Waals surface area contributed by atoms with Gasteiger partial charge in [0, 0.05) is 11.8 Å². The largest absolute Gasteiger partial charge is 0.481 e. The minimum Gasteiger partial charge on any atom is -0.481 e. The molecular formula is C21H25O4P. The zero-order chi connectivity index (χ0) is 19.2. The molecule has 2 N–H and O–H groups in total. The minimum atomic E-state index is -3.70. The van der Waals surface area contributed by atoms with Gasteiger partial charge in [-0.05, 0) is 29.5 Å². The van der Waals surface area contributed by atoms with Gasteiger partial charge >= 0.3 is 5.97 Å². The van der Waals surface area contributed by atoms with Gasteiger partial charge in [-0.1, -0.05) is 74.2 Å². The molecule has 0 bridgehead atoms. The van der Waals surface area contributed by atoms with Gasteiger partial charge in [-0.2, -0.15) is 0 Å². The standard InChI is InChI=1S/C21H25O4P/c1-3-20(26(24,25)15-17-10-6-4-7-11-17)19(21(22)23)14-16(2)18-12-8-5-9-13-18/h4-13,19-20H,2-3,14-15H2,1H3,(H,22,23)(H,24,25). The number of carboxylic acids is 1. The lowest BCUT2D eigenvalue weighted by Crippen LogP contribution is -2.28. The molecule has 0 saturated heterocycles. The molecule has 0 fully saturated rings. The Morgan fingerprint density at radius 3 is 2.12 bits per heavy atom. The Morgan fingerprint density at radius 2 is 1.62 bits per heavy atom. The second-order valence-electron chi connectivity index (χ2n) is 6.49. The lowest BCUT2D eigenvalue weighted by molar-refractivity contribution is -0.141. The molecule has 4 nitrogen and oxygen atoms in total. The van der Waals surface area contributed by atoms with E-state index in [1.54, 1.807) is 19.1 Å². The summed E-state index contributed by atoms with van der Waals surface area (Å²) in [5.41, 5.74) is 1.43. The minimum absolute atomic E-state index is 0.0199. The molecule has 5 heteroatoms. The summed E-state index contributed by atoms with van der Waals surface area (Å²) < 4.78 is 13.0. The van der Waals surface area contributed by atoms with Crippen LogP contribution in [-0.4, -0.2) is 21.6 Å². The third kappa shape index (κ3) is 5.17. The second kappa shape index (κ2) is 8.98. The summed E-state index contributed by atoms with van der Waals surface area (Å²) in [6.45, 7) is 5.76. The molecule has 3 atom stereocenters. The van der Waals surface area contributed by atoms with Crippen LogP contribution in [0.2, 0.25) is 0 Å². The molecular weight excluding hydrogens is 347 g/mol. The summed E-state index contributed by atoms with van der Waals surface area (Å²) >= 11 is 0. The fourth-order valence-electron chi connectivity index (χ4n) is 3.26. The third-order valence-corrected chi connectivity index (χ3v) is 7.20. The topological polar surface area (TPSA) is 74.6 Å². The molecule has 0 aliphatic rings.